The van der Waals surface area contributed by atoms with Crippen LogP contribution < -0.4 is 0 Å². The van der Waals surface area contributed by atoms with Crippen molar-refractivity contribution in [1.29, 1.82) is 5.26 Å². The van der Waals surface area contributed by atoms with Gasteiger partial charge in [0.2, 0.25) is 0 Å². The van der Waals surface area contributed by atoms with Crippen LogP contribution in [0, 0.1) is 40.7 Å². The monoisotopic (exact) mass is 429 g/mol. The zero-order valence-corrected chi connectivity index (χ0v) is 18.3. The molecule has 1 nitrogen and oxygen atoms in total. The summed E-state index contributed by atoms with van der Waals surface area (Å²) in [5.74, 6) is 0.562. The van der Waals surface area contributed by atoms with E-state index in [1.165, 1.54) is 75.6 Å². The van der Waals surface area contributed by atoms with Crippen molar-refractivity contribution in [2.75, 3.05) is 0 Å². The Morgan fingerprint density at radius 2 is 1.45 bits per heavy atom. The maximum Gasteiger partial charge on any atom is 0.199 e. The Hall–Kier alpha value is -2.02. The topological polar surface area (TPSA) is 23.8 Å². The van der Waals surface area contributed by atoms with Crippen LogP contribution in [0.25, 0.3) is 0 Å². The molecule has 1 aromatic carbocycles. The van der Waals surface area contributed by atoms with Crippen LogP contribution in [0.3, 0.4) is 0 Å². The fourth-order valence-corrected chi connectivity index (χ4v) is 5.45. The predicted octanol–water partition coefficient (Wildman–Crippen LogP) is 8.54. The molecule has 0 saturated heterocycles. The van der Waals surface area contributed by atoms with Gasteiger partial charge in [-0.3, -0.25) is 0 Å². The van der Waals surface area contributed by atoms with Crippen molar-refractivity contribution in [2.24, 2.45) is 17.8 Å². The molecule has 0 amide bonds. The summed E-state index contributed by atoms with van der Waals surface area (Å²) >= 11 is 0. The number of nitrogens with zero attached hydrogens (tertiary/aromatic N) is 1. The van der Waals surface area contributed by atoms with Gasteiger partial charge in [-0.15, -0.1) is 0 Å². The van der Waals surface area contributed by atoms with Gasteiger partial charge in [-0.2, -0.15) is 9.65 Å². The minimum Gasteiger partial charge on any atom is -0.204 e. The molecule has 0 aromatic heterocycles. The number of hydrogen-bond donors (Lipinski definition) is 0. The molecule has 2 fully saturated rings. The second-order valence-electron chi connectivity index (χ2n) is 9.49. The summed E-state index contributed by atoms with van der Waals surface area (Å²) < 4.78 is 39.4. The second-order valence-corrected chi connectivity index (χ2v) is 9.49. The summed E-state index contributed by atoms with van der Waals surface area (Å²) in [6.45, 7) is 0. The van der Waals surface area contributed by atoms with E-state index in [-0.39, 0.29) is 0 Å². The Kier molecular flexibility index (Phi) is 9.25. The van der Waals surface area contributed by atoms with E-state index in [0.29, 0.717) is 5.92 Å². The molecular formula is C27H34F3N. The summed E-state index contributed by atoms with van der Waals surface area (Å²) in [6.07, 6.45) is 19.4. The first-order valence-corrected chi connectivity index (χ1v) is 11.9. The van der Waals surface area contributed by atoms with Crippen molar-refractivity contribution < 1.29 is 13.2 Å². The first kappa shape index (κ1) is 23.6. The smallest absolute Gasteiger partial charge is 0.199 e. The Labute approximate surface area is 185 Å². The Morgan fingerprint density at radius 3 is 2.03 bits per heavy atom. The van der Waals surface area contributed by atoms with E-state index in [2.05, 4.69) is 0 Å². The molecule has 1 aromatic rings. The molecule has 168 valence electrons. The van der Waals surface area contributed by atoms with Gasteiger partial charge in [-0.05, 0) is 86.0 Å². The summed E-state index contributed by atoms with van der Waals surface area (Å²) in [6, 6.07) is 5.87. The van der Waals surface area contributed by atoms with Crippen LogP contribution in [-0.4, -0.2) is 0 Å². The Balaban J connectivity index is 1.29. The molecular weight excluding hydrogens is 395 g/mol. The zero-order valence-electron chi connectivity index (χ0n) is 18.3. The van der Waals surface area contributed by atoms with Crippen LogP contribution in [0.2, 0.25) is 0 Å². The number of halogens is 3. The van der Waals surface area contributed by atoms with Crippen LogP contribution in [-0.2, 0) is 0 Å². The molecule has 2 aliphatic rings. The number of nitriles is 1. The lowest BCUT2D eigenvalue weighted by atomic mass is 9.74. The van der Waals surface area contributed by atoms with E-state index in [9.17, 15) is 13.2 Å². The minimum atomic E-state index is -0.758. The molecule has 0 N–H and O–H groups in total. The summed E-state index contributed by atoms with van der Waals surface area (Å²) in [4.78, 5) is 0. The maximum absolute atomic E-state index is 13.5. The van der Waals surface area contributed by atoms with Crippen LogP contribution in [0.1, 0.15) is 88.5 Å². The number of rotatable bonds is 8. The van der Waals surface area contributed by atoms with E-state index in [0.717, 1.165) is 49.0 Å². The Bertz CT molecular complexity index is 791. The molecule has 0 atom stereocenters. The average Bonchev–Trinajstić information content (AvgIpc) is 2.80. The molecule has 0 unspecified atom stereocenters. The van der Waals surface area contributed by atoms with Gasteiger partial charge < -0.3 is 0 Å². The summed E-state index contributed by atoms with van der Waals surface area (Å²) in [5, 5.41) is 8.37. The van der Waals surface area contributed by atoms with Crippen molar-refractivity contribution in [2.45, 2.75) is 83.0 Å². The number of hydrogen-bond acceptors (Lipinski definition) is 1. The molecule has 0 spiro atoms. The van der Waals surface area contributed by atoms with Crippen LogP contribution in [0.15, 0.2) is 42.3 Å². The molecule has 0 aliphatic heterocycles. The summed E-state index contributed by atoms with van der Waals surface area (Å²) in [7, 11) is 0. The highest BCUT2D eigenvalue weighted by Gasteiger charge is 2.25. The predicted molar refractivity (Wildman–Crippen MR) is 119 cm³/mol. The normalized spacial score (nSPS) is 27.4. The molecule has 3 rings (SSSR count). The molecule has 0 radical (unpaired) electrons. The van der Waals surface area contributed by atoms with Gasteiger partial charge in [0.15, 0.2) is 17.5 Å². The molecule has 31 heavy (non-hydrogen) atoms. The van der Waals surface area contributed by atoms with Crippen molar-refractivity contribution in [3.63, 3.8) is 0 Å². The van der Waals surface area contributed by atoms with Crippen LogP contribution in [0.4, 0.5) is 13.2 Å². The van der Waals surface area contributed by atoms with Crippen molar-refractivity contribution >= 4 is 0 Å². The standard InChI is InChI=1S/C27H34F3N/c28-25(19-31)5-3-1-2-4-20-6-8-21(9-7-20)10-11-22-12-14-23(15-13-22)24-16-17-26(29)27(30)18-24/h1,3,5,16-18,20-23H,2,4,6-15H2/t20-,21-,22-,23-. The average molecular weight is 430 g/mol. The van der Waals surface area contributed by atoms with Crippen molar-refractivity contribution in [3.05, 3.63) is 59.5 Å². The number of benzene rings is 1. The quantitative estimate of drug-likeness (QED) is 0.300. The fraction of sp³-hybridized carbons (Fsp3) is 0.593. The maximum atomic E-state index is 13.5. The summed E-state index contributed by atoms with van der Waals surface area (Å²) in [5.41, 5.74) is 0.955. The van der Waals surface area contributed by atoms with Crippen molar-refractivity contribution in [3.8, 4) is 6.07 Å². The molecule has 0 heterocycles. The van der Waals surface area contributed by atoms with Gasteiger partial charge in [0, 0.05) is 0 Å². The lowest BCUT2D eigenvalue weighted by Gasteiger charge is -2.32. The highest BCUT2D eigenvalue weighted by molar-refractivity contribution is 5.22. The van der Waals surface area contributed by atoms with E-state index in [1.54, 1.807) is 12.1 Å². The van der Waals surface area contributed by atoms with Crippen molar-refractivity contribution in [1.82, 2.24) is 0 Å². The van der Waals surface area contributed by atoms with Gasteiger partial charge in [0.1, 0.15) is 6.07 Å². The lowest BCUT2D eigenvalue weighted by Crippen LogP contribution is -2.18. The van der Waals surface area contributed by atoms with E-state index >= 15 is 0 Å². The van der Waals surface area contributed by atoms with Crippen LogP contribution >= 0.6 is 0 Å². The first-order chi connectivity index (χ1) is 15.0. The Morgan fingerprint density at radius 1 is 0.871 bits per heavy atom. The van der Waals surface area contributed by atoms with Gasteiger partial charge in [0.05, 0.1) is 0 Å². The fourth-order valence-electron chi connectivity index (χ4n) is 5.45. The third kappa shape index (κ3) is 7.56. The lowest BCUT2D eigenvalue weighted by molar-refractivity contribution is 0.225. The van der Waals surface area contributed by atoms with Crippen LogP contribution in [0.5, 0.6) is 0 Å². The van der Waals surface area contributed by atoms with E-state index in [1.807, 2.05) is 6.08 Å². The molecule has 2 aliphatic carbocycles. The largest absolute Gasteiger partial charge is 0.204 e. The van der Waals surface area contributed by atoms with Gasteiger partial charge in [-0.1, -0.05) is 56.7 Å². The van der Waals surface area contributed by atoms with Gasteiger partial charge in [-0.25, -0.2) is 8.78 Å². The number of allylic oxidation sites excluding steroid dienone is 4. The van der Waals surface area contributed by atoms with E-state index in [4.69, 9.17) is 5.26 Å². The highest BCUT2D eigenvalue weighted by atomic mass is 19.2. The third-order valence-electron chi connectivity index (χ3n) is 7.44. The SMILES string of the molecule is N#CC(F)=CC=CCC[C@H]1CC[C@H](CC[C@H]2CC[C@H](c3ccc(F)c(F)c3)CC2)CC1. The molecule has 2 saturated carbocycles. The highest BCUT2D eigenvalue weighted by Crippen LogP contribution is 2.40. The van der Waals surface area contributed by atoms with Gasteiger partial charge in [0.25, 0.3) is 0 Å². The first-order valence-electron chi connectivity index (χ1n) is 11.9. The second kappa shape index (κ2) is 12.1. The zero-order chi connectivity index (χ0) is 22.1. The van der Waals surface area contributed by atoms with Gasteiger partial charge >= 0.3 is 0 Å². The minimum absolute atomic E-state index is 0.378. The molecule has 4 heteroatoms. The third-order valence-corrected chi connectivity index (χ3v) is 7.44. The molecule has 0 bridgehead atoms. The van der Waals surface area contributed by atoms with E-state index < -0.39 is 17.5 Å².